The average Bonchev–Trinajstić information content (AvgIpc) is 2.81. The lowest BCUT2D eigenvalue weighted by molar-refractivity contribution is -0.121. The van der Waals surface area contributed by atoms with Gasteiger partial charge in [0.2, 0.25) is 0 Å². The summed E-state index contributed by atoms with van der Waals surface area (Å²) in [6.45, 7) is 5.61. The highest BCUT2D eigenvalue weighted by atomic mass is 32.2. The highest BCUT2D eigenvalue weighted by Gasteiger charge is 2.29. The lowest BCUT2D eigenvalue weighted by Crippen LogP contribution is -2.22. The number of hydrogen-bond donors (Lipinski definition) is 0. The molecule has 0 unspecified atom stereocenters. The van der Waals surface area contributed by atoms with Crippen LogP contribution in [0.3, 0.4) is 0 Å². The minimum absolute atomic E-state index is 0.0262. The standard InChI is InChI=1S/C14H18N2O2S2/c1-9-7-11(10(2)16(9)5-6-18-4)8-12-13(17)15(3)14(19)20-12/h7-8H,5-6H2,1-4H3/b12-8+. The number of amides is 1. The monoisotopic (exact) mass is 310 g/mol. The number of rotatable bonds is 4. The maximum atomic E-state index is 12.0. The smallest absolute Gasteiger partial charge is 0.265 e. The molecule has 2 heterocycles. The maximum absolute atomic E-state index is 12.0. The fourth-order valence-electron chi connectivity index (χ4n) is 2.19. The van der Waals surface area contributed by atoms with Crippen LogP contribution < -0.4 is 0 Å². The van der Waals surface area contributed by atoms with E-state index in [1.807, 2.05) is 6.08 Å². The molecule has 0 bridgehead atoms. The lowest BCUT2D eigenvalue weighted by Gasteiger charge is -2.08. The van der Waals surface area contributed by atoms with Gasteiger partial charge in [-0.2, -0.15) is 0 Å². The van der Waals surface area contributed by atoms with Gasteiger partial charge in [0.25, 0.3) is 5.91 Å². The third-order valence-electron chi connectivity index (χ3n) is 3.40. The molecular formula is C14H18N2O2S2. The van der Waals surface area contributed by atoms with Crippen LogP contribution in [0.25, 0.3) is 6.08 Å². The Morgan fingerprint density at radius 2 is 2.15 bits per heavy atom. The zero-order valence-electron chi connectivity index (χ0n) is 12.1. The summed E-state index contributed by atoms with van der Waals surface area (Å²) in [6, 6.07) is 2.09. The van der Waals surface area contributed by atoms with Crippen LogP contribution in [0.5, 0.6) is 0 Å². The van der Waals surface area contributed by atoms with Crippen LogP contribution in [0.1, 0.15) is 17.0 Å². The molecular weight excluding hydrogens is 292 g/mol. The van der Waals surface area contributed by atoms with Crippen LogP contribution >= 0.6 is 24.0 Å². The molecule has 0 atom stereocenters. The van der Waals surface area contributed by atoms with Gasteiger partial charge in [-0.1, -0.05) is 24.0 Å². The van der Waals surface area contributed by atoms with Crippen molar-refractivity contribution >= 4 is 40.3 Å². The summed E-state index contributed by atoms with van der Waals surface area (Å²) in [6.07, 6.45) is 1.93. The van der Waals surface area contributed by atoms with Crippen LogP contribution in [-0.2, 0) is 16.1 Å². The van der Waals surface area contributed by atoms with Crippen molar-refractivity contribution in [3.05, 3.63) is 27.9 Å². The van der Waals surface area contributed by atoms with Gasteiger partial charge in [-0.3, -0.25) is 9.69 Å². The fourth-order valence-corrected chi connectivity index (χ4v) is 3.36. The third-order valence-corrected chi connectivity index (χ3v) is 4.89. The van der Waals surface area contributed by atoms with E-state index in [0.29, 0.717) is 15.8 Å². The van der Waals surface area contributed by atoms with E-state index in [1.165, 1.54) is 16.7 Å². The van der Waals surface area contributed by atoms with E-state index in [2.05, 4.69) is 24.5 Å². The molecule has 1 aromatic heterocycles. The normalized spacial score (nSPS) is 17.6. The van der Waals surface area contributed by atoms with Gasteiger partial charge in [0.1, 0.15) is 4.32 Å². The first-order chi connectivity index (χ1) is 9.45. The van der Waals surface area contributed by atoms with Gasteiger partial charge in [0.15, 0.2) is 0 Å². The van der Waals surface area contributed by atoms with Crippen molar-refractivity contribution in [1.29, 1.82) is 0 Å². The molecule has 20 heavy (non-hydrogen) atoms. The van der Waals surface area contributed by atoms with Crippen molar-refractivity contribution in [3.63, 3.8) is 0 Å². The average molecular weight is 310 g/mol. The van der Waals surface area contributed by atoms with Crippen LogP contribution in [0, 0.1) is 13.8 Å². The number of carbonyl (C=O) groups excluding carboxylic acids is 1. The van der Waals surface area contributed by atoms with Crippen LogP contribution in [-0.4, -0.2) is 40.5 Å². The Morgan fingerprint density at radius 1 is 1.45 bits per heavy atom. The number of ether oxygens (including phenoxy) is 1. The van der Waals surface area contributed by atoms with Crippen LogP contribution in [0.15, 0.2) is 11.0 Å². The zero-order valence-corrected chi connectivity index (χ0v) is 13.7. The third kappa shape index (κ3) is 2.82. The summed E-state index contributed by atoms with van der Waals surface area (Å²) < 4.78 is 7.93. The highest BCUT2D eigenvalue weighted by Crippen LogP contribution is 2.32. The Balaban J connectivity index is 2.31. The summed E-state index contributed by atoms with van der Waals surface area (Å²) in [5, 5.41) is 0. The second kappa shape index (κ2) is 6.11. The number of hydrogen-bond acceptors (Lipinski definition) is 4. The number of aryl methyl sites for hydroxylation is 1. The summed E-state index contributed by atoms with van der Waals surface area (Å²) in [5.41, 5.74) is 3.37. The van der Waals surface area contributed by atoms with Gasteiger partial charge in [0.05, 0.1) is 11.5 Å². The molecule has 0 N–H and O–H groups in total. The molecule has 0 saturated carbocycles. The maximum Gasteiger partial charge on any atom is 0.265 e. The molecule has 1 amide bonds. The second-order valence-electron chi connectivity index (χ2n) is 4.71. The Bertz CT molecular complexity index is 590. The molecule has 1 aromatic rings. The van der Waals surface area contributed by atoms with Crippen molar-refractivity contribution in [1.82, 2.24) is 9.47 Å². The second-order valence-corrected chi connectivity index (χ2v) is 6.39. The predicted molar refractivity (Wildman–Crippen MR) is 86.7 cm³/mol. The Labute approximate surface area is 128 Å². The van der Waals surface area contributed by atoms with E-state index >= 15 is 0 Å². The van der Waals surface area contributed by atoms with E-state index in [1.54, 1.807) is 14.2 Å². The minimum Gasteiger partial charge on any atom is -0.383 e. The Hall–Kier alpha value is -1.11. The molecule has 0 radical (unpaired) electrons. The SMILES string of the molecule is COCCn1c(C)cc(/C=C2/SC(=S)N(C)C2=O)c1C. The molecule has 0 aliphatic carbocycles. The van der Waals surface area contributed by atoms with E-state index in [-0.39, 0.29) is 5.91 Å². The number of nitrogens with zero attached hydrogens (tertiary/aromatic N) is 2. The molecule has 1 aliphatic rings. The number of aromatic nitrogens is 1. The van der Waals surface area contributed by atoms with Crippen molar-refractivity contribution in [2.24, 2.45) is 0 Å². The van der Waals surface area contributed by atoms with Crippen molar-refractivity contribution in [2.45, 2.75) is 20.4 Å². The summed E-state index contributed by atoms with van der Waals surface area (Å²) in [5.74, 6) is -0.0262. The predicted octanol–water partition coefficient (Wildman–Crippen LogP) is 2.58. The Morgan fingerprint density at radius 3 is 2.70 bits per heavy atom. The summed E-state index contributed by atoms with van der Waals surface area (Å²) in [4.78, 5) is 14.2. The van der Waals surface area contributed by atoms with Crippen LogP contribution in [0.4, 0.5) is 0 Å². The number of thiocarbonyl (C=S) groups is 1. The van der Waals surface area contributed by atoms with Crippen LogP contribution in [0.2, 0.25) is 0 Å². The quantitative estimate of drug-likeness (QED) is 0.632. The van der Waals surface area contributed by atoms with E-state index in [4.69, 9.17) is 17.0 Å². The fraction of sp³-hybridized carbons (Fsp3) is 0.429. The topological polar surface area (TPSA) is 34.5 Å². The molecule has 0 aromatic carbocycles. The van der Waals surface area contributed by atoms with E-state index in [9.17, 15) is 4.79 Å². The molecule has 6 heteroatoms. The summed E-state index contributed by atoms with van der Waals surface area (Å²) in [7, 11) is 3.40. The zero-order chi connectivity index (χ0) is 14.9. The van der Waals surface area contributed by atoms with Crippen molar-refractivity contribution < 1.29 is 9.53 Å². The first-order valence-corrected chi connectivity index (χ1v) is 7.55. The highest BCUT2D eigenvalue weighted by molar-refractivity contribution is 8.26. The lowest BCUT2D eigenvalue weighted by atomic mass is 10.2. The van der Waals surface area contributed by atoms with Gasteiger partial charge >= 0.3 is 0 Å². The molecule has 1 aliphatic heterocycles. The molecule has 1 fully saturated rings. The molecule has 2 rings (SSSR count). The van der Waals surface area contributed by atoms with Gasteiger partial charge in [-0.15, -0.1) is 0 Å². The van der Waals surface area contributed by atoms with Gasteiger partial charge < -0.3 is 9.30 Å². The largest absolute Gasteiger partial charge is 0.383 e. The number of carbonyl (C=O) groups is 1. The number of likely N-dealkylation sites (N-methyl/N-ethyl adjacent to an activating group) is 1. The van der Waals surface area contributed by atoms with Gasteiger partial charge in [0, 0.05) is 32.1 Å². The minimum atomic E-state index is -0.0262. The van der Waals surface area contributed by atoms with E-state index < -0.39 is 0 Å². The summed E-state index contributed by atoms with van der Waals surface area (Å²) >= 11 is 6.49. The molecule has 4 nitrogen and oxygen atoms in total. The number of thioether (sulfide) groups is 1. The number of methoxy groups -OCH3 is 1. The first kappa shape index (κ1) is 15.3. The molecule has 1 saturated heterocycles. The van der Waals surface area contributed by atoms with E-state index in [0.717, 1.165) is 23.5 Å². The molecule has 108 valence electrons. The van der Waals surface area contributed by atoms with Crippen molar-refractivity contribution in [3.8, 4) is 0 Å². The first-order valence-electron chi connectivity index (χ1n) is 6.33. The Kier molecular flexibility index (Phi) is 4.67. The van der Waals surface area contributed by atoms with Gasteiger partial charge in [-0.25, -0.2) is 0 Å². The van der Waals surface area contributed by atoms with Crippen molar-refractivity contribution in [2.75, 3.05) is 20.8 Å². The van der Waals surface area contributed by atoms with Gasteiger partial charge in [-0.05, 0) is 31.6 Å². The molecule has 0 spiro atoms.